The van der Waals surface area contributed by atoms with E-state index in [0.29, 0.717) is 5.56 Å². The molecule has 66 valence electrons. The van der Waals surface area contributed by atoms with E-state index in [1.807, 2.05) is 19.9 Å². The fourth-order valence-electron chi connectivity index (χ4n) is 1.01. The summed E-state index contributed by atoms with van der Waals surface area (Å²) in [4.78, 5) is 11.2. The number of hydrogen-bond acceptors (Lipinski definition) is 2. The minimum atomic E-state index is -0.356. The van der Waals surface area contributed by atoms with Crippen molar-refractivity contribution < 1.29 is 4.79 Å². The lowest BCUT2D eigenvalue weighted by molar-refractivity contribution is 0.0973. The van der Waals surface area contributed by atoms with Crippen molar-refractivity contribution in [3.63, 3.8) is 0 Å². The van der Waals surface area contributed by atoms with Crippen molar-refractivity contribution in [2.24, 2.45) is 0 Å². The highest BCUT2D eigenvalue weighted by atomic mass is 16.1. The summed E-state index contributed by atoms with van der Waals surface area (Å²) < 4.78 is 0. The first-order chi connectivity index (χ1) is 6.15. The zero-order valence-electron chi connectivity index (χ0n) is 7.59. The minimum absolute atomic E-state index is 0.356. The molecule has 0 aliphatic carbocycles. The fraction of sp³-hybridized carbons (Fsp3) is 0.200. The van der Waals surface area contributed by atoms with Gasteiger partial charge in [-0.25, -0.2) is 0 Å². The molecule has 1 N–H and O–H groups in total. The third-order valence-corrected chi connectivity index (χ3v) is 1.94. The Morgan fingerprint density at radius 1 is 1.38 bits per heavy atom. The predicted molar refractivity (Wildman–Crippen MR) is 49.0 cm³/mol. The summed E-state index contributed by atoms with van der Waals surface area (Å²) in [5, 5.41) is 10.3. The van der Waals surface area contributed by atoms with Crippen LogP contribution in [0.1, 0.15) is 21.5 Å². The molecule has 13 heavy (non-hydrogen) atoms. The maximum atomic E-state index is 11.2. The monoisotopic (exact) mass is 174 g/mol. The molecule has 0 heterocycles. The van der Waals surface area contributed by atoms with Crippen LogP contribution < -0.4 is 5.32 Å². The molecule has 0 radical (unpaired) electrons. The highest BCUT2D eigenvalue weighted by Gasteiger charge is 2.04. The molecular weight excluding hydrogens is 164 g/mol. The van der Waals surface area contributed by atoms with Crippen LogP contribution in [-0.4, -0.2) is 5.91 Å². The number of nitriles is 1. The maximum absolute atomic E-state index is 11.2. The predicted octanol–water partition coefficient (Wildman–Crippen LogP) is 1.51. The molecule has 1 rings (SSSR count). The number of rotatable bonds is 1. The molecular formula is C10H10N2O. The molecule has 0 aliphatic rings. The number of amides is 1. The second-order valence-electron chi connectivity index (χ2n) is 2.86. The Morgan fingerprint density at radius 2 is 2.08 bits per heavy atom. The standard InChI is InChI=1S/C10H10N2O/c1-7-3-4-9(5-8(7)2)10(13)12-6-11/h3-5H,1-2H3,(H,12,13). The van der Waals surface area contributed by atoms with Crippen molar-refractivity contribution in [2.75, 3.05) is 0 Å². The second kappa shape index (κ2) is 3.72. The first-order valence-electron chi connectivity index (χ1n) is 3.92. The number of hydrogen-bond donors (Lipinski definition) is 1. The number of carbonyl (C=O) groups excluding carboxylic acids is 1. The largest absolute Gasteiger partial charge is 0.268 e. The third-order valence-electron chi connectivity index (χ3n) is 1.94. The molecule has 0 aromatic heterocycles. The number of aryl methyl sites for hydroxylation is 2. The lowest BCUT2D eigenvalue weighted by atomic mass is 10.1. The van der Waals surface area contributed by atoms with Gasteiger partial charge in [0, 0.05) is 5.56 Å². The van der Waals surface area contributed by atoms with Gasteiger partial charge in [-0.05, 0) is 37.1 Å². The third kappa shape index (κ3) is 2.06. The van der Waals surface area contributed by atoms with Crippen molar-refractivity contribution in [2.45, 2.75) is 13.8 Å². The summed E-state index contributed by atoms with van der Waals surface area (Å²) in [6, 6.07) is 5.33. The van der Waals surface area contributed by atoms with Crippen LogP contribution in [0.15, 0.2) is 18.2 Å². The number of nitrogens with zero attached hydrogens (tertiary/aromatic N) is 1. The van der Waals surface area contributed by atoms with Gasteiger partial charge in [0.05, 0.1) is 0 Å². The quantitative estimate of drug-likeness (QED) is 0.518. The van der Waals surface area contributed by atoms with Crippen molar-refractivity contribution >= 4 is 5.91 Å². The maximum Gasteiger partial charge on any atom is 0.264 e. The number of nitrogens with one attached hydrogen (secondary N) is 1. The van der Waals surface area contributed by atoms with Crippen LogP contribution >= 0.6 is 0 Å². The van der Waals surface area contributed by atoms with Crippen molar-refractivity contribution in [3.05, 3.63) is 34.9 Å². The van der Waals surface area contributed by atoms with E-state index in [4.69, 9.17) is 5.26 Å². The van der Waals surface area contributed by atoms with Crippen LogP contribution in [0.2, 0.25) is 0 Å². The van der Waals surface area contributed by atoms with Gasteiger partial charge in [0.25, 0.3) is 5.91 Å². The zero-order valence-corrected chi connectivity index (χ0v) is 7.59. The molecule has 0 fully saturated rings. The van der Waals surface area contributed by atoms with Gasteiger partial charge in [-0.3, -0.25) is 10.1 Å². The van der Waals surface area contributed by atoms with Gasteiger partial charge < -0.3 is 0 Å². The lowest BCUT2D eigenvalue weighted by Crippen LogP contribution is -2.17. The molecule has 1 aromatic carbocycles. The Labute approximate surface area is 77.0 Å². The lowest BCUT2D eigenvalue weighted by Gasteiger charge is -2.02. The highest BCUT2D eigenvalue weighted by Crippen LogP contribution is 2.09. The molecule has 0 atom stereocenters. The van der Waals surface area contributed by atoms with Crippen molar-refractivity contribution in [1.82, 2.24) is 5.32 Å². The molecule has 3 heteroatoms. The smallest absolute Gasteiger partial charge is 0.264 e. The van der Waals surface area contributed by atoms with Gasteiger partial charge in [0.15, 0.2) is 6.19 Å². The molecule has 0 unspecified atom stereocenters. The van der Waals surface area contributed by atoms with Crippen LogP contribution in [0.3, 0.4) is 0 Å². The Kier molecular flexibility index (Phi) is 2.65. The van der Waals surface area contributed by atoms with Crippen LogP contribution in [-0.2, 0) is 0 Å². The molecule has 0 bridgehead atoms. The average Bonchev–Trinajstić information content (AvgIpc) is 2.10. The molecule has 1 aromatic rings. The molecule has 0 aliphatic heterocycles. The van der Waals surface area contributed by atoms with Gasteiger partial charge in [-0.2, -0.15) is 5.26 Å². The molecule has 3 nitrogen and oxygen atoms in total. The van der Waals surface area contributed by atoms with Crippen molar-refractivity contribution in [1.29, 1.82) is 5.26 Å². The normalized spacial score (nSPS) is 9.00. The highest BCUT2D eigenvalue weighted by molar-refractivity contribution is 5.95. The summed E-state index contributed by atoms with van der Waals surface area (Å²) in [6.07, 6.45) is 1.60. The summed E-state index contributed by atoms with van der Waals surface area (Å²) in [7, 11) is 0. The van der Waals surface area contributed by atoms with Crippen molar-refractivity contribution in [3.8, 4) is 6.19 Å². The topological polar surface area (TPSA) is 52.9 Å². The van der Waals surface area contributed by atoms with Gasteiger partial charge in [-0.15, -0.1) is 0 Å². The van der Waals surface area contributed by atoms with Gasteiger partial charge in [0.2, 0.25) is 0 Å². The van der Waals surface area contributed by atoms with Gasteiger partial charge >= 0.3 is 0 Å². The Morgan fingerprint density at radius 3 is 2.62 bits per heavy atom. The van der Waals surface area contributed by atoms with E-state index in [-0.39, 0.29) is 5.91 Å². The van der Waals surface area contributed by atoms with E-state index in [2.05, 4.69) is 5.32 Å². The molecule has 0 spiro atoms. The summed E-state index contributed by atoms with van der Waals surface area (Å²) >= 11 is 0. The fourth-order valence-corrected chi connectivity index (χ4v) is 1.01. The van der Waals surface area contributed by atoms with Crippen LogP contribution in [0.4, 0.5) is 0 Å². The minimum Gasteiger partial charge on any atom is -0.268 e. The zero-order chi connectivity index (χ0) is 9.84. The second-order valence-corrected chi connectivity index (χ2v) is 2.86. The van der Waals surface area contributed by atoms with E-state index in [1.165, 1.54) is 0 Å². The van der Waals surface area contributed by atoms with E-state index in [9.17, 15) is 4.79 Å². The first kappa shape index (κ1) is 9.27. The average molecular weight is 174 g/mol. The summed E-state index contributed by atoms with van der Waals surface area (Å²) in [6.45, 7) is 3.90. The van der Waals surface area contributed by atoms with E-state index in [1.54, 1.807) is 18.3 Å². The summed E-state index contributed by atoms with van der Waals surface area (Å²) in [5.41, 5.74) is 2.70. The Balaban J connectivity index is 2.98. The van der Waals surface area contributed by atoms with Crippen LogP contribution in [0.5, 0.6) is 0 Å². The van der Waals surface area contributed by atoms with Gasteiger partial charge in [0.1, 0.15) is 0 Å². The Hall–Kier alpha value is -1.82. The number of benzene rings is 1. The van der Waals surface area contributed by atoms with E-state index < -0.39 is 0 Å². The SMILES string of the molecule is Cc1ccc(C(=O)NC#N)cc1C. The summed E-state index contributed by atoms with van der Waals surface area (Å²) in [5.74, 6) is -0.356. The molecule has 0 saturated heterocycles. The van der Waals surface area contributed by atoms with Crippen LogP contribution in [0, 0.1) is 25.3 Å². The first-order valence-corrected chi connectivity index (χ1v) is 3.92. The Bertz CT molecular complexity index is 377. The molecule has 1 amide bonds. The van der Waals surface area contributed by atoms with Gasteiger partial charge in [-0.1, -0.05) is 6.07 Å². The van der Waals surface area contributed by atoms with E-state index >= 15 is 0 Å². The number of carbonyl (C=O) groups is 1. The van der Waals surface area contributed by atoms with E-state index in [0.717, 1.165) is 11.1 Å². The van der Waals surface area contributed by atoms with Crippen LogP contribution in [0.25, 0.3) is 0 Å². The molecule has 0 saturated carbocycles.